The summed E-state index contributed by atoms with van der Waals surface area (Å²) >= 11 is 0. The zero-order valence-electron chi connectivity index (χ0n) is 21.1. The number of carbonyl (C=O) groups excluding carboxylic acids is 2. The van der Waals surface area contributed by atoms with E-state index in [1.165, 1.54) is 0 Å². The summed E-state index contributed by atoms with van der Waals surface area (Å²) < 4.78 is 7.13. The zero-order valence-corrected chi connectivity index (χ0v) is 21.1. The van der Waals surface area contributed by atoms with Gasteiger partial charge in [0.2, 0.25) is 17.8 Å². The molecule has 1 heterocycles. The van der Waals surface area contributed by atoms with Crippen LogP contribution in [0.5, 0.6) is 5.75 Å². The number of nitrogens with one attached hydrogen (secondary N) is 1. The van der Waals surface area contributed by atoms with Gasteiger partial charge in [0.1, 0.15) is 12.3 Å². The molecule has 0 saturated heterocycles. The summed E-state index contributed by atoms with van der Waals surface area (Å²) in [6, 6.07) is 25.4. The molecule has 1 aromatic heterocycles. The predicted molar refractivity (Wildman–Crippen MR) is 144 cm³/mol. The third-order valence-corrected chi connectivity index (χ3v) is 6.44. The maximum Gasteiger partial charge on any atom is 0.246 e. The van der Waals surface area contributed by atoms with E-state index in [-0.39, 0.29) is 24.3 Å². The normalized spacial score (nSPS) is 12.7. The molecule has 0 atom stereocenters. The number of hydrogen-bond donors (Lipinski definition) is 1. The lowest BCUT2D eigenvalue weighted by Crippen LogP contribution is -2.38. The van der Waals surface area contributed by atoms with Gasteiger partial charge >= 0.3 is 0 Å². The lowest BCUT2D eigenvalue weighted by Gasteiger charge is -2.22. The third kappa shape index (κ3) is 5.89. The highest BCUT2D eigenvalue weighted by Gasteiger charge is 2.34. The van der Waals surface area contributed by atoms with Gasteiger partial charge in [0, 0.05) is 29.9 Å². The van der Waals surface area contributed by atoms with E-state index in [9.17, 15) is 9.59 Å². The first-order valence-electron chi connectivity index (χ1n) is 12.4. The summed E-state index contributed by atoms with van der Waals surface area (Å²) in [7, 11) is 1.63. The maximum absolute atomic E-state index is 13.3. The number of ether oxygens (including phenoxy) is 1. The average Bonchev–Trinajstić information content (AvgIpc) is 3.69. The van der Waals surface area contributed by atoms with E-state index < -0.39 is 0 Å². The lowest BCUT2D eigenvalue weighted by molar-refractivity contribution is -0.136. The van der Waals surface area contributed by atoms with Gasteiger partial charge in [-0.3, -0.25) is 19.5 Å². The SMILES string of the molecule is COc1ccc(-c2cn(-c3ccc(C)cc3)c(NC(=O)CN(Cc3ccccc3)C(=O)C3CC3)n2)cc1. The number of aryl methyl sites for hydroxylation is 1. The molecule has 3 aromatic carbocycles. The van der Waals surface area contributed by atoms with Gasteiger partial charge in [-0.05, 0) is 61.7 Å². The van der Waals surface area contributed by atoms with E-state index in [0.29, 0.717) is 18.2 Å². The van der Waals surface area contributed by atoms with Crippen LogP contribution < -0.4 is 10.1 Å². The number of aromatic nitrogens is 2. The van der Waals surface area contributed by atoms with Crippen molar-refractivity contribution in [3.63, 3.8) is 0 Å². The van der Waals surface area contributed by atoms with Crippen molar-refractivity contribution in [2.75, 3.05) is 19.0 Å². The average molecular weight is 495 g/mol. The van der Waals surface area contributed by atoms with Crippen molar-refractivity contribution < 1.29 is 14.3 Å². The number of hydrogen-bond acceptors (Lipinski definition) is 4. The number of nitrogens with zero attached hydrogens (tertiary/aromatic N) is 3. The number of benzene rings is 3. The number of anilines is 1. The number of methoxy groups -OCH3 is 1. The molecule has 1 fully saturated rings. The second kappa shape index (κ2) is 10.7. The van der Waals surface area contributed by atoms with Gasteiger partial charge in [-0.25, -0.2) is 4.98 Å². The fraction of sp³-hybridized carbons (Fsp3) is 0.233. The first-order chi connectivity index (χ1) is 18.0. The second-order valence-corrected chi connectivity index (χ2v) is 9.39. The van der Waals surface area contributed by atoms with Gasteiger partial charge in [0.15, 0.2) is 0 Å². The molecule has 7 nitrogen and oxygen atoms in total. The third-order valence-electron chi connectivity index (χ3n) is 6.44. The van der Waals surface area contributed by atoms with Crippen LogP contribution in [0.25, 0.3) is 16.9 Å². The summed E-state index contributed by atoms with van der Waals surface area (Å²) in [6.45, 7) is 2.39. The van der Waals surface area contributed by atoms with E-state index in [0.717, 1.165) is 41.0 Å². The smallest absolute Gasteiger partial charge is 0.246 e. The van der Waals surface area contributed by atoms with E-state index >= 15 is 0 Å². The summed E-state index contributed by atoms with van der Waals surface area (Å²) in [4.78, 5) is 32.6. The maximum atomic E-state index is 13.3. The van der Waals surface area contributed by atoms with Gasteiger partial charge in [-0.2, -0.15) is 0 Å². The van der Waals surface area contributed by atoms with Crippen molar-refractivity contribution in [1.29, 1.82) is 0 Å². The Morgan fingerprint density at radius 1 is 1.00 bits per heavy atom. The van der Waals surface area contributed by atoms with Crippen LogP contribution in [-0.2, 0) is 16.1 Å². The standard InChI is InChI=1S/C30H30N4O3/c1-21-8-14-25(15-9-21)34-19-27(23-12-16-26(37-2)17-13-23)31-30(34)32-28(35)20-33(29(36)24-10-11-24)18-22-6-4-3-5-7-22/h3-9,12-17,19,24H,10-11,18,20H2,1-2H3,(H,31,32,35). The second-order valence-electron chi connectivity index (χ2n) is 9.39. The Morgan fingerprint density at radius 3 is 2.35 bits per heavy atom. The van der Waals surface area contributed by atoms with Crippen LogP contribution in [0.3, 0.4) is 0 Å². The molecular weight excluding hydrogens is 464 g/mol. The van der Waals surface area contributed by atoms with Crippen molar-refractivity contribution >= 4 is 17.8 Å². The highest BCUT2D eigenvalue weighted by atomic mass is 16.5. The summed E-state index contributed by atoms with van der Waals surface area (Å²) in [5.74, 6) is 0.921. The molecule has 0 aliphatic heterocycles. The van der Waals surface area contributed by atoms with Crippen molar-refractivity contribution in [1.82, 2.24) is 14.5 Å². The Morgan fingerprint density at radius 2 is 1.70 bits per heavy atom. The molecule has 1 N–H and O–H groups in total. The largest absolute Gasteiger partial charge is 0.497 e. The number of carbonyl (C=O) groups is 2. The lowest BCUT2D eigenvalue weighted by atomic mass is 10.1. The van der Waals surface area contributed by atoms with Crippen LogP contribution in [0.2, 0.25) is 0 Å². The van der Waals surface area contributed by atoms with Crippen molar-refractivity contribution in [3.05, 3.63) is 96.2 Å². The van der Waals surface area contributed by atoms with E-state index in [4.69, 9.17) is 9.72 Å². The highest BCUT2D eigenvalue weighted by molar-refractivity contribution is 5.94. The molecule has 188 valence electrons. The van der Waals surface area contributed by atoms with Crippen LogP contribution in [-0.4, -0.2) is 39.9 Å². The molecule has 1 aliphatic carbocycles. The minimum Gasteiger partial charge on any atom is -0.497 e. The van der Waals surface area contributed by atoms with E-state index in [1.807, 2.05) is 96.6 Å². The molecule has 37 heavy (non-hydrogen) atoms. The molecule has 5 rings (SSSR count). The van der Waals surface area contributed by atoms with Crippen LogP contribution in [0.4, 0.5) is 5.95 Å². The van der Waals surface area contributed by atoms with Crippen LogP contribution in [0.15, 0.2) is 85.1 Å². The Labute approximate surface area is 216 Å². The van der Waals surface area contributed by atoms with Crippen LogP contribution >= 0.6 is 0 Å². The summed E-state index contributed by atoms with van der Waals surface area (Å²) in [5.41, 5.74) is 4.63. The Hall–Kier alpha value is -4.39. The van der Waals surface area contributed by atoms with E-state index in [1.54, 1.807) is 12.0 Å². The Balaban J connectivity index is 1.40. The van der Waals surface area contributed by atoms with Gasteiger partial charge < -0.3 is 9.64 Å². The zero-order chi connectivity index (χ0) is 25.8. The topological polar surface area (TPSA) is 76.5 Å². The fourth-order valence-electron chi connectivity index (χ4n) is 4.21. The van der Waals surface area contributed by atoms with Gasteiger partial charge in [-0.15, -0.1) is 0 Å². The molecule has 1 aliphatic rings. The number of amides is 2. The molecule has 7 heteroatoms. The number of imidazole rings is 1. The summed E-state index contributed by atoms with van der Waals surface area (Å²) in [5, 5.41) is 2.96. The van der Waals surface area contributed by atoms with Crippen LogP contribution in [0.1, 0.15) is 24.0 Å². The minimum atomic E-state index is -0.287. The molecule has 4 aromatic rings. The van der Waals surface area contributed by atoms with Crippen molar-refractivity contribution in [3.8, 4) is 22.7 Å². The Bertz CT molecular complexity index is 1370. The summed E-state index contributed by atoms with van der Waals surface area (Å²) in [6.07, 6.45) is 3.67. The fourth-order valence-corrected chi connectivity index (χ4v) is 4.21. The molecule has 2 amide bonds. The van der Waals surface area contributed by atoms with Crippen molar-refractivity contribution in [2.24, 2.45) is 5.92 Å². The van der Waals surface area contributed by atoms with Crippen molar-refractivity contribution in [2.45, 2.75) is 26.3 Å². The first kappa shape index (κ1) is 24.3. The first-order valence-corrected chi connectivity index (χ1v) is 12.4. The predicted octanol–water partition coefficient (Wildman–Crippen LogP) is 5.23. The minimum absolute atomic E-state index is 0.0210. The Kier molecular flexibility index (Phi) is 7.03. The quantitative estimate of drug-likeness (QED) is 0.346. The molecule has 0 radical (unpaired) electrons. The highest BCUT2D eigenvalue weighted by Crippen LogP contribution is 2.31. The molecule has 0 spiro atoms. The monoisotopic (exact) mass is 494 g/mol. The van der Waals surface area contributed by atoms with Crippen LogP contribution in [0, 0.1) is 12.8 Å². The molecule has 1 saturated carbocycles. The van der Waals surface area contributed by atoms with Gasteiger partial charge in [-0.1, -0.05) is 48.0 Å². The van der Waals surface area contributed by atoms with E-state index in [2.05, 4.69) is 5.32 Å². The molecule has 0 bridgehead atoms. The van der Waals surface area contributed by atoms with Gasteiger partial charge in [0.25, 0.3) is 0 Å². The molecular formula is C30H30N4O3. The molecule has 0 unspecified atom stereocenters. The van der Waals surface area contributed by atoms with Gasteiger partial charge in [0.05, 0.1) is 12.8 Å². The number of rotatable bonds is 9.